The Bertz CT molecular complexity index is 1120. The largest absolute Gasteiger partial charge is 0.457 e. The number of benzene rings is 3. The van der Waals surface area contributed by atoms with E-state index in [1.807, 2.05) is 24.3 Å². The van der Waals surface area contributed by atoms with Crippen molar-refractivity contribution in [2.45, 2.75) is 4.87 Å². The van der Waals surface area contributed by atoms with E-state index in [1.165, 1.54) is 11.8 Å². The summed E-state index contributed by atoms with van der Waals surface area (Å²) in [6, 6.07) is 21.7. The fourth-order valence-corrected chi connectivity index (χ4v) is 5.12. The first-order chi connectivity index (χ1) is 14.1. The predicted octanol–water partition coefficient (Wildman–Crippen LogP) is 5.02. The lowest BCUT2D eigenvalue weighted by molar-refractivity contribution is -0.122. The Morgan fingerprint density at radius 3 is 2.31 bits per heavy atom. The van der Waals surface area contributed by atoms with Gasteiger partial charge in [-0.25, -0.2) is 0 Å². The van der Waals surface area contributed by atoms with Gasteiger partial charge in [-0.15, -0.1) is 11.8 Å². The summed E-state index contributed by atoms with van der Waals surface area (Å²) in [7, 11) is 0. The molecule has 5 nitrogen and oxygen atoms in total. The highest BCUT2D eigenvalue weighted by atomic mass is 35.5. The zero-order valence-corrected chi connectivity index (χ0v) is 16.7. The van der Waals surface area contributed by atoms with Gasteiger partial charge in [0.15, 0.2) is 0 Å². The normalized spacial score (nSPS) is 20.1. The molecule has 1 saturated heterocycles. The molecule has 2 amide bonds. The van der Waals surface area contributed by atoms with E-state index in [4.69, 9.17) is 16.3 Å². The van der Waals surface area contributed by atoms with Crippen molar-refractivity contribution in [2.24, 2.45) is 0 Å². The molecule has 0 bridgehead atoms. The Kier molecular flexibility index (Phi) is 4.26. The van der Waals surface area contributed by atoms with Crippen LogP contribution in [0.1, 0.15) is 5.56 Å². The van der Waals surface area contributed by atoms with E-state index in [0.717, 1.165) is 11.3 Å². The molecule has 0 radical (unpaired) electrons. The number of rotatable bonds is 3. The van der Waals surface area contributed by atoms with E-state index in [1.54, 1.807) is 53.4 Å². The lowest BCUT2D eigenvalue weighted by atomic mass is 10.0. The maximum Gasteiger partial charge on any atom is 0.266 e. The molecule has 29 heavy (non-hydrogen) atoms. The molecule has 1 spiro atoms. The number of hydrogen-bond donors (Lipinski definition) is 1. The highest BCUT2D eigenvalue weighted by molar-refractivity contribution is 8.02. The van der Waals surface area contributed by atoms with Crippen molar-refractivity contribution < 1.29 is 14.3 Å². The number of amides is 2. The molecule has 0 saturated carbocycles. The smallest absolute Gasteiger partial charge is 0.266 e. The highest BCUT2D eigenvalue weighted by Crippen LogP contribution is 2.53. The molecule has 1 atom stereocenters. The Balaban J connectivity index is 1.49. The molecule has 0 aliphatic carbocycles. The van der Waals surface area contributed by atoms with E-state index in [0.29, 0.717) is 22.2 Å². The lowest BCUT2D eigenvalue weighted by Gasteiger charge is -2.32. The van der Waals surface area contributed by atoms with E-state index in [2.05, 4.69) is 5.32 Å². The van der Waals surface area contributed by atoms with E-state index in [9.17, 15) is 9.59 Å². The highest BCUT2D eigenvalue weighted by Gasteiger charge is 2.58. The fourth-order valence-electron chi connectivity index (χ4n) is 3.68. The maximum atomic E-state index is 13.0. The van der Waals surface area contributed by atoms with Crippen LogP contribution in [-0.4, -0.2) is 17.6 Å². The van der Waals surface area contributed by atoms with Crippen molar-refractivity contribution in [3.63, 3.8) is 0 Å². The molecular formula is C22H15ClN2O3S. The van der Waals surface area contributed by atoms with Gasteiger partial charge in [0.1, 0.15) is 11.5 Å². The minimum absolute atomic E-state index is 0.103. The summed E-state index contributed by atoms with van der Waals surface area (Å²) < 4.78 is 5.83. The zero-order chi connectivity index (χ0) is 20.0. The maximum absolute atomic E-state index is 13.0. The number of thioether (sulfide) groups is 1. The van der Waals surface area contributed by atoms with Gasteiger partial charge < -0.3 is 10.1 Å². The van der Waals surface area contributed by atoms with Gasteiger partial charge in [0.25, 0.3) is 5.91 Å². The fraction of sp³-hybridized carbons (Fsp3) is 0.0909. The summed E-state index contributed by atoms with van der Waals surface area (Å²) in [6.07, 6.45) is 0. The number of nitrogens with one attached hydrogen (secondary N) is 1. The SMILES string of the molecule is O=C1CS[C@]2(C(=O)Nc3ccccc32)N1c1ccc(Oc2ccc(Cl)cc2)cc1. The standard InChI is InChI=1S/C22H15ClN2O3S/c23-14-5-9-16(10-6-14)28-17-11-7-15(8-12-17)25-20(26)13-29-22(25)18-3-1-2-4-19(18)24-21(22)27/h1-12H,13H2,(H,24,27)/t22-/m1/s1. The topological polar surface area (TPSA) is 58.6 Å². The van der Waals surface area contributed by atoms with Gasteiger partial charge in [-0.3, -0.25) is 14.5 Å². The van der Waals surface area contributed by atoms with Crippen molar-refractivity contribution in [3.8, 4) is 11.5 Å². The molecule has 7 heteroatoms. The molecule has 2 heterocycles. The number of carbonyl (C=O) groups is 2. The van der Waals surface area contributed by atoms with Crippen LogP contribution in [0.15, 0.2) is 72.8 Å². The number of nitrogens with zero attached hydrogens (tertiary/aromatic N) is 1. The first-order valence-electron chi connectivity index (χ1n) is 8.99. The molecule has 5 rings (SSSR count). The van der Waals surface area contributed by atoms with Crippen molar-refractivity contribution in [3.05, 3.63) is 83.4 Å². The summed E-state index contributed by atoms with van der Waals surface area (Å²) in [4.78, 5) is 26.3. The minimum Gasteiger partial charge on any atom is -0.457 e. The Morgan fingerprint density at radius 2 is 1.59 bits per heavy atom. The first-order valence-corrected chi connectivity index (χ1v) is 10.4. The minimum atomic E-state index is -1.08. The van der Waals surface area contributed by atoms with Crippen LogP contribution in [0.4, 0.5) is 11.4 Å². The van der Waals surface area contributed by atoms with E-state index >= 15 is 0 Å². The summed E-state index contributed by atoms with van der Waals surface area (Å²) >= 11 is 7.24. The lowest BCUT2D eigenvalue weighted by Crippen LogP contribution is -2.47. The Morgan fingerprint density at radius 1 is 0.931 bits per heavy atom. The predicted molar refractivity (Wildman–Crippen MR) is 115 cm³/mol. The third-order valence-electron chi connectivity index (χ3n) is 4.96. The molecule has 2 aliphatic rings. The van der Waals surface area contributed by atoms with Crippen LogP contribution < -0.4 is 15.0 Å². The van der Waals surface area contributed by atoms with Crippen molar-refractivity contribution in [2.75, 3.05) is 16.0 Å². The first kappa shape index (κ1) is 18.1. The van der Waals surface area contributed by atoms with Gasteiger partial charge in [-0.05, 0) is 54.6 Å². The monoisotopic (exact) mass is 422 g/mol. The Hall–Kier alpha value is -2.96. The molecule has 144 valence electrons. The van der Waals surface area contributed by atoms with Crippen LogP contribution in [0, 0.1) is 0 Å². The number of anilines is 2. The number of fused-ring (bicyclic) bond motifs is 2. The number of halogens is 1. The Labute approximate surface area is 176 Å². The summed E-state index contributed by atoms with van der Waals surface area (Å²) in [6.45, 7) is 0. The van der Waals surface area contributed by atoms with Gasteiger partial charge >= 0.3 is 0 Å². The van der Waals surface area contributed by atoms with Crippen LogP contribution >= 0.6 is 23.4 Å². The van der Waals surface area contributed by atoms with Gasteiger partial charge in [-0.2, -0.15) is 0 Å². The van der Waals surface area contributed by atoms with Crippen LogP contribution in [0.5, 0.6) is 11.5 Å². The second kappa shape index (κ2) is 6.83. The number of carbonyl (C=O) groups excluding carboxylic acids is 2. The number of para-hydroxylation sites is 1. The zero-order valence-electron chi connectivity index (χ0n) is 15.1. The van der Waals surface area contributed by atoms with Crippen molar-refractivity contribution in [1.29, 1.82) is 0 Å². The summed E-state index contributed by atoms with van der Waals surface area (Å²) in [5, 5.41) is 3.55. The molecule has 3 aromatic rings. The van der Waals surface area contributed by atoms with Crippen molar-refractivity contribution >= 4 is 46.6 Å². The summed E-state index contributed by atoms with van der Waals surface area (Å²) in [5.74, 6) is 1.23. The van der Waals surface area contributed by atoms with Gasteiger partial charge in [0.2, 0.25) is 10.8 Å². The number of ether oxygens (including phenoxy) is 1. The van der Waals surface area contributed by atoms with Gasteiger partial charge in [-0.1, -0.05) is 29.8 Å². The molecule has 2 aliphatic heterocycles. The molecule has 0 aromatic heterocycles. The second-order valence-corrected chi connectivity index (χ2v) is 8.32. The third kappa shape index (κ3) is 2.87. The molecule has 1 fully saturated rings. The third-order valence-corrected chi connectivity index (χ3v) is 6.61. The molecule has 0 unspecified atom stereocenters. The van der Waals surface area contributed by atoms with E-state index < -0.39 is 4.87 Å². The van der Waals surface area contributed by atoms with E-state index in [-0.39, 0.29) is 17.6 Å². The van der Waals surface area contributed by atoms with Crippen LogP contribution in [0.25, 0.3) is 0 Å². The molecule has 1 N–H and O–H groups in total. The van der Waals surface area contributed by atoms with Gasteiger partial charge in [0, 0.05) is 22.0 Å². The van der Waals surface area contributed by atoms with Gasteiger partial charge in [0.05, 0.1) is 5.75 Å². The van der Waals surface area contributed by atoms with Crippen LogP contribution in [-0.2, 0) is 14.5 Å². The average molecular weight is 423 g/mol. The average Bonchev–Trinajstić information content (AvgIpc) is 3.22. The molecular weight excluding hydrogens is 408 g/mol. The second-order valence-electron chi connectivity index (χ2n) is 6.71. The van der Waals surface area contributed by atoms with Crippen LogP contribution in [0.3, 0.4) is 0 Å². The van der Waals surface area contributed by atoms with Crippen LogP contribution in [0.2, 0.25) is 5.02 Å². The number of hydrogen-bond acceptors (Lipinski definition) is 4. The molecule has 3 aromatic carbocycles. The van der Waals surface area contributed by atoms with Crippen molar-refractivity contribution in [1.82, 2.24) is 0 Å². The quantitative estimate of drug-likeness (QED) is 0.644. The summed E-state index contributed by atoms with van der Waals surface area (Å²) in [5.41, 5.74) is 2.20.